The van der Waals surface area contributed by atoms with E-state index in [1.165, 1.54) is 12.1 Å². The van der Waals surface area contributed by atoms with Crippen LogP contribution in [0.4, 0.5) is 4.39 Å². The molecule has 2 unspecified atom stereocenters. The second-order valence-electron chi connectivity index (χ2n) is 4.47. The molecule has 4 heteroatoms. The highest BCUT2D eigenvalue weighted by atomic mass is 19.1. The summed E-state index contributed by atoms with van der Waals surface area (Å²) in [5.41, 5.74) is 0.719. The first-order valence-electron chi connectivity index (χ1n) is 5.79. The SMILES string of the molecule is CC(O)CN(C)CCC(O)c1ccc(F)cc1. The Morgan fingerprint density at radius 3 is 2.35 bits per heavy atom. The Balaban J connectivity index is 2.39. The van der Waals surface area contributed by atoms with Crippen LogP contribution in [0, 0.1) is 5.82 Å². The van der Waals surface area contributed by atoms with E-state index in [0.29, 0.717) is 19.5 Å². The molecule has 0 heterocycles. The summed E-state index contributed by atoms with van der Waals surface area (Å²) in [5.74, 6) is -0.299. The zero-order valence-corrected chi connectivity index (χ0v) is 10.3. The van der Waals surface area contributed by atoms with Crippen molar-refractivity contribution in [3.05, 3.63) is 35.6 Å². The monoisotopic (exact) mass is 241 g/mol. The van der Waals surface area contributed by atoms with Gasteiger partial charge in [0.05, 0.1) is 12.2 Å². The number of hydrogen-bond donors (Lipinski definition) is 2. The predicted molar refractivity (Wildman–Crippen MR) is 65.2 cm³/mol. The molecule has 0 aliphatic carbocycles. The number of benzene rings is 1. The topological polar surface area (TPSA) is 43.7 Å². The molecule has 1 aromatic rings. The fourth-order valence-electron chi connectivity index (χ4n) is 1.74. The molecule has 1 aromatic carbocycles. The number of hydrogen-bond acceptors (Lipinski definition) is 3. The summed E-state index contributed by atoms with van der Waals surface area (Å²) in [5, 5.41) is 19.1. The van der Waals surface area contributed by atoms with Crippen molar-refractivity contribution < 1.29 is 14.6 Å². The molecule has 0 amide bonds. The molecule has 0 bridgehead atoms. The standard InChI is InChI=1S/C13H20FNO2/c1-10(16)9-15(2)8-7-13(17)11-3-5-12(14)6-4-11/h3-6,10,13,16-17H,7-9H2,1-2H3. The van der Waals surface area contributed by atoms with E-state index in [9.17, 15) is 14.6 Å². The van der Waals surface area contributed by atoms with Gasteiger partial charge < -0.3 is 15.1 Å². The van der Waals surface area contributed by atoms with Gasteiger partial charge in [-0.15, -0.1) is 0 Å². The molecule has 0 fully saturated rings. The lowest BCUT2D eigenvalue weighted by molar-refractivity contribution is 0.116. The largest absolute Gasteiger partial charge is 0.392 e. The molecule has 0 saturated carbocycles. The maximum absolute atomic E-state index is 12.7. The highest BCUT2D eigenvalue weighted by molar-refractivity contribution is 5.18. The van der Waals surface area contributed by atoms with Crippen molar-refractivity contribution in [2.75, 3.05) is 20.1 Å². The third kappa shape index (κ3) is 5.26. The molecule has 2 N–H and O–H groups in total. The van der Waals surface area contributed by atoms with E-state index in [4.69, 9.17) is 0 Å². The van der Waals surface area contributed by atoms with Crippen molar-refractivity contribution in [1.29, 1.82) is 0 Å². The van der Waals surface area contributed by atoms with Gasteiger partial charge in [0.15, 0.2) is 0 Å². The molecule has 17 heavy (non-hydrogen) atoms. The maximum atomic E-state index is 12.7. The molecule has 3 nitrogen and oxygen atoms in total. The summed E-state index contributed by atoms with van der Waals surface area (Å²) in [4.78, 5) is 1.96. The summed E-state index contributed by atoms with van der Waals surface area (Å²) in [6.45, 7) is 2.99. The van der Waals surface area contributed by atoms with Crippen LogP contribution in [0.1, 0.15) is 25.0 Å². The fraction of sp³-hybridized carbons (Fsp3) is 0.538. The molecule has 96 valence electrons. The van der Waals surface area contributed by atoms with Gasteiger partial charge in [-0.25, -0.2) is 4.39 Å². The van der Waals surface area contributed by atoms with E-state index < -0.39 is 6.10 Å². The Kier molecular flexibility index (Phi) is 5.55. The fourth-order valence-corrected chi connectivity index (χ4v) is 1.74. The van der Waals surface area contributed by atoms with Gasteiger partial charge in [-0.05, 0) is 38.1 Å². The minimum atomic E-state index is -0.591. The minimum absolute atomic E-state index is 0.299. The molecular weight excluding hydrogens is 221 g/mol. The molecule has 0 aliphatic rings. The molecule has 0 aromatic heterocycles. The van der Waals surface area contributed by atoms with Crippen molar-refractivity contribution in [3.8, 4) is 0 Å². The molecule has 0 aliphatic heterocycles. The molecule has 2 atom stereocenters. The van der Waals surface area contributed by atoms with Crippen LogP contribution in [0.3, 0.4) is 0 Å². The summed E-state index contributed by atoms with van der Waals surface area (Å²) in [6.07, 6.45) is -0.399. The van der Waals surface area contributed by atoms with Crippen molar-refractivity contribution >= 4 is 0 Å². The third-order valence-corrected chi connectivity index (χ3v) is 2.61. The summed E-state index contributed by atoms with van der Waals surface area (Å²) in [6, 6.07) is 5.87. The van der Waals surface area contributed by atoms with Crippen LogP contribution in [0.25, 0.3) is 0 Å². The lowest BCUT2D eigenvalue weighted by Gasteiger charge is -2.20. The zero-order valence-electron chi connectivity index (χ0n) is 10.3. The Hall–Kier alpha value is -0.970. The van der Waals surface area contributed by atoms with Crippen LogP contribution in [0.5, 0.6) is 0 Å². The van der Waals surface area contributed by atoms with Gasteiger partial charge >= 0.3 is 0 Å². The van der Waals surface area contributed by atoms with Gasteiger partial charge in [0.2, 0.25) is 0 Å². The van der Waals surface area contributed by atoms with Gasteiger partial charge in [-0.1, -0.05) is 12.1 Å². The number of aliphatic hydroxyl groups excluding tert-OH is 2. The lowest BCUT2D eigenvalue weighted by atomic mass is 10.1. The lowest BCUT2D eigenvalue weighted by Crippen LogP contribution is -2.28. The second-order valence-corrected chi connectivity index (χ2v) is 4.47. The Morgan fingerprint density at radius 1 is 1.24 bits per heavy atom. The van der Waals surface area contributed by atoms with Crippen molar-refractivity contribution in [1.82, 2.24) is 4.90 Å². The van der Waals surface area contributed by atoms with Crippen molar-refractivity contribution in [3.63, 3.8) is 0 Å². The molecule has 0 spiro atoms. The van der Waals surface area contributed by atoms with E-state index in [0.717, 1.165) is 5.56 Å². The van der Waals surface area contributed by atoms with E-state index >= 15 is 0 Å². The summed E-state index contributed by atoms with van der Waals surface area (Å²) in [7, 11) is 1.89. The van der Waals surface area contributed by atoms with Crippen LogP contribution in [-0.4, -0.2) is 41.4 Å². The van der Waals surface area contributed by atoms with E-state index in [2.05, 4.69) is 0 Å². The number of rotatable bonds is 6. The Bertz CT molecular complexity index is 327. The first-order chi connectivity index (χ1) is 7.99. The van der Waals surface area contributed by atoms with Crippen molar-refractivity contribution in [2.45, 2.75) is 25.6 Å². The average molecular weight is 241 g/mol. The third-order valence-electron chi connectivity index (χ3n) is 2.61. The molecule has 0 radical (unpaired) electrons. The number of aliphatic hydroxyl groups is 2. The van der Waals surface area contributed by atoms with Crippen LogP contribution in [0.2, 0.25) is 0 Å². The van der Waals surface area contributed by atoms with Crippen LogP contribution < -0.4 is 0 Å². The zero-order chi connectivity index (χ0) is 12.8. The van der Waals surface area contributed by atoms with Gasteiger partial charge in [0.25, 0.3) is 0 Å². The first-order valence-corrected chi connectivity index (χ1v) is 5.79. The van der Waals surface area contributed by atoms with E-state index in [1.54, 1.807) is 19.1 Å². The van der Waals surface area contributed by atoms with Crippen LogP contribution in [0.15, 0.2) is 24.3 Å². The van der Waals surface area contributed by atoms with Crippen LogP contribution >= 0.6 is 0 Å². The Labute approximate surface area is 101 Å². The molecule has 1 rings (SSSR count). The van der Waals surface area contributed by atoms with E-state index in [-0.39, 0.29) is 11.9 Å². The number of likely N-dealkylation sites (N-methyl/N-ethyl adjacent to an activating group) is 1. The highest BCUT2D eigenvalue weighted by Crippen LogP contribution is 2.17. The maximum Gasteiger partial charge on any atom is 0.123 e. The van der Waals surface area contributed by atoms with Crippen LogP contribution in [-0.2, 0) is 0 Å². The van der Waals surface area contributed by atoms with Gasteiger partial charge in [-0.2, -0.15) is 0 Å². The molecule has 0 saturated heterocycles. The summed E-state index contributed by atoms with van der Waals surface area (Å²) < 4.78 is 12.7. The quantitative estimate of drug-likeness (QED) is 0.794. The second kappa shape index (κ2) is 6.69. The predicted octanol–water partition coefficient (Wildman–Crippen LogP) is 1.56. The average Bonchev–Trinajstić information content (AvgIpc) is 2.26. The first kappa shape index (κ1) is 14.1. The Morgan fingerprint density at radius 2 is 1.82 bits per heavy atom. The number of nitrogens with zero attached hydrogens (tertiary/aromatic N) is 1. The smallest absolute Gasteiger partial charge is 0.123 e. The normalized spacial score (nSPS) is 14.9. The van der Waals surface area contributed by atoms with E-state index in [1.807, 2.05) is 11.9 Å². The van der Waals surface area contributed by atoms with Gasteiger partial charge in [0.1, 0.15) is 5.82 Å². The van der Waals surface area contributed by atoms with Crippen molar-refractivity contribution in [2.24, 2.45) is 0 Å². The highest BCUT2D eigenvalue weighted by Gasteiger charge is 2.10. The summed E-state index contributed by atoms with van der Waals surface area (Å²) >= 11 is 0. The number of halogens is 1. The minimum Gasteiger partial charge on any atom is -0.392 e. The van der Waals surface area contributed by atoms with Gasteiger partial charge in [0, 0.05) is 13.1 Å². The van der Waals surface area contributed by atoms with Gasteiger partial charge in [-0.3, -0.25) is 0 Å². The molecular formula is C13H20FNO2.